The van der Waals surface area contributed by atoms with Crippen molar-refractivity contribution in [3.8, 4) is 11.5 Å². The van der Waals surface area contributed by atoms with Crippen LogP contribution in [0.3, 0.4) is 0 Å². The normalized spacial score (nSPS) is 26.2. The van der Waals surface area contributed by atoms with E-state index in [4.69, 9.17) is 15.2 Å². The van der Waals surface area contributed by atoms with Crippen LogP contribution in [0.4, 0.5) is 0 Å². The molecule has 0 radical (unpaired) electrons. The summed E-state index contributed by atoms with van der Waals surface area (Å²) in [6.45, 7) is 1.11. The topological polar surface area (TPSA) is 64.7 Å². The van der Waals surface area contributed by atoms with E-state index in [1.807, 2.05) is 24.3 Å². The molecule has 1 fully saturated rings. The molecule has 1 aliphatic rings. The van der Waals surface area contributed by atoms with E-state index in [2.05, 4.69) is 0 Å². The molecular formula is C16H25NO3. The highest BCUT2D eigenvalue weighted by Gasteiger charge is 2.38. The van der Waals surface area contributed by atoms with Crippen molar-refractivity contribution in [3.05, 3.63) is 24.3 Å². The highest BCUT2D eigenvalue weighted by Crippen LogP contribution is 2.38. The number of methoxy groups -OCH3 is 1. The average molecular weight is 279 g/mol. The predicted molar refractivity (Wildman–Crippen MR) is 79.1 cm³/mol. The van der Waals surface area contributed by atoms with E-state index in [-0.39, 0.29) is 11.5 Å². The first kappa shape index (κ1) is 15.1. The molecule has 0 spiro atoms. The van der Waals surface area contributed by atoms with Crippen molar-refractivity contribution in [1.29, 1.82) is 0 Å². The Bertz CT molecular complexity index is 407. The van der Waals surface area contributed by atoms with Gasteiger partial charge in [0.05, 0.1) is 19.8 Å². The molecule has 1 aliphatic carbocycles. The van der Waals surface area contributed by atoms with Crippen LogP contribution in [-0.4, -0.2) is 31.5 Å². The zero-order chi connectivity index (χ0) is 14.4. The average Bonchev–Trinajstić information content (AvgIpc) is 2.50. The minimum atomic E-state index is -0.291. The van der Waals surface area contributed by atoms with E-state index in [0.29, 0.717) is 13.2 Å². The molecule has 0 amide bonds. The summed E-state index contributed by atoms with van der Waals surface area (Å²) in [7, 11) is 1.64. The minimum Gasteiger partial charge on any atom is -0.497 e. The first-order valence-corrected chi connectivity index (χ1v) is 7.35. The van der Waals surface area contributed by atoms with Crippen LogP contribution < -0.4 is 15.2 Å². The van der Waals surface area contributed by atoms with E-state index in [1.54, 1.807) is 7.11 Å². The molecule has 1 aromatic carbocycles. The fraction of sp³-hybridized carbons (Fsp3) is 0.625. The zero-order valence-electron chi connectivity index (χ0n) is 12.2. The van der Waals surface area contributed by atoms with Crippen LogP contribution in [0.2, 0.25) is 0 Å². The molecule has 4 heteroatoms. The molecule has 2 atom stereocenters. The van der Waals surface area contributed by atoms with Crippen LogP contribution in [0.25, 0.3) is 0 Å². The van der Waals surface area contributed by atoms with Crippen LogP contribution in [-0.2, 0) is 0 Å². The third-order valence-corrected chi connectivity index (χ3v) is 4.44. The van der Waals surface area contributed by atoms with Crippen molar-refractivity contribution in [2.75, 3.05) is 20.3 Å². The van der Waals surface area contributed by atoms with Crippen molar-refractivity contribution >= 4 is 0 Å². The van der Waals surface area contributed by atoms with Gasteiger partial charge in [-0.3, -0.25) is 0 Å². The van der Waals surface area contributed by atoms with Gasteiger partial charge in [0.25, 0.3) is 0 Å². The molecule has 0 saturated heterocycles. The van der Waals surface area contributed by atoms with Gasteiger partial charge in [0.1, 0.15) is 11.5 Å². The Balaban J connectivity index is 1.86. The summed E-state index contributed by atoms with van der Waals surface area (Å²) in [5.74, 6) is 1.64. The molecule has 3 N–H and O–H groups in total. The summed E-state index contributed by atoms with van der Waals surface area (Å²) in [4.78, 5) is 0. The van der Waals surface area contributed by atoms with Gasteiger partial charge in [-0.25, -0.2) is 0 Å². The highest BCUT2D eigenvalue weighted by molar-refractivity contribution is 5.31. The summed E-state index contributed by atoms with van der Waals surface area (Å²) in [5, 5.41) is 10.2. The van der Waals surface area contributed by atoms with Crippen LogP contribution in [0.15, 0.2) is 24.3 Å². The Morgan fingerprint density at radius 1 is 1.25 bits per heavy atom. The van der Waals surface area contributed by atoms with Gasteiger partial charge in [0.2, 0.25) is 0 Å². The van der Waals surface area contributed by atoms with Crippen molar-refractivity contribution < 1.29 is 14.6 Å². The number of hydrogen-bond acceptors (Lipinski definition) is 4. The third-order valence-electron chi connectivity index (χ3n) is 4.44. The molecule has 112 valence electrons. The molecule has 0 aromatic heterocycles. The Kier molecular flexibility index (Phi) is 5.26. The summed E-state index contributed by atoms with van der Waals surface area (Å²) < 4.78 is 10.9. The van der Waals surface area contributed by atoms with E-state index in [0.717, 1.165) is 43.6 Å². The van der Waals surface area contributed by atoms with Gasteiger partial charge in [-0.05, 0) is 43.5 Å². The maximum Gasteiger partial charge on any atom is 0.119 e. The fourth-order valence-corrected chi connectivity index (χ4v) is 2.96. The molecule has 20 heavy (non-hydrogen) atoms. The lowest BCUT2D eigenvalue weighted by atomic mass is 9.70. The van der Waals surface area contributed by atoms with Crippen LogP contribution in [0.1, 0.15) is 32.1 Å². The molecule has 1 aromatic rings. The molecule has 2 rings (SSSR count). The van der Waals surface area contributed by atoms with E-state index >= 15 is 0 Å². The number of aliphatic hydroxyl groups is 1. The molecule has 2 unspecified atom stereocenters. The predicted octanol–water partition coefficient (Wildman–Crippen LogP) is 2.34. The van der Waals surface area contributed by atoms with Crippen LogP contribution >= 0.6 is 0 Å². The quantitative estimate of drug-likeness (QED) is 0.839. The third kappa shape index (κ3) is 3.44. The summed E-state index contributed by atoms with van der Waals surface area (Å²) in [6, 6.07) is 7.55. The maximum atomic E-state index is 10.2. The Morgan fingerprint density at radius 3 is 2.55 bits per heavy atom. The number of hydrogen-bond donors (Lipinski definition) is 2. The monoisotopic (exact) mass is 279 g/mol. The summed E-state index contributed by atoms with van der Waals surface area (Å²) >= 11 is 0. The number of aliphatic hydroxyl groups excluding tert-OH is 1. The lowest BCUT2D eigenvalue weighted by molar-refractivity contribution is -0.0191. The van der Waals surface area contributed by atoms with Crippen molar-refractivity contribution in [1.82, 2.24) is 0 Å². The second-order valence-electron chi connectivity index (χ2n) is 5.60. The number of rotatable bonds is 6. The van der Waals surface area contributed by atoms with Crippen molar-refractivity contribution in [2.45, 2.75) is 38.2 Å². The van der Waals surface area contributed by atoms with Gasteiger partial charge < -0.3 is 20.3 Å². The molecule has 4 nitrogen and oxygen atoms in total. The van der Waals surface area contributed by atoms with Gasteiger partial charge in [0, 0.05) is 12.0 Å². The van der Waals surface area contributed by atoms with Gasteiger partial charge in [-0.15, -0.1) is 0 Å². The standard InChI is InChI=1S/C16H25NO3/c1-19-13-5-7-14(8-6-13)20-11-10-16(12-17)9-3-2-4-15(16)18/h5-8,15,18H,2-4,9-12,17H2,1H3. The molecule has 1 saturated carbocycles. The van der Waals surface area contributed by atoms with Gasteiger partial charge in [0.15, 0.2) is 0 Å². The number of nitrogens with two attached hydrogens (primary N) is 1. The van der Waals surface area contributed by atoms with E-state index in [9.17, 15) is 5.11 Å². The SMILES string of the molecule is COc1ccc(OCCC2(CN)CCCCC2O)cc1. The minimum absolute atomic E-state index is 0.162. The lowest BCUT2D eigenvalue weighted by Crippen LogP contribution is -2.45. The Hall–Kier alpha value is -1.26. The lowest BCUT2D eigenvalue weighted by Gasteiger charge is -2.40. The first-order valence-electron chi connectivity index (χ1n) is 7.35. The zero-order valence-corrected chi connectivity index (χ0v) is 12.2. The molecular weight excluding hydrogens is 254 g/mol. The van der Waals surface area contributed by atoms with Crippen LogP contribution in [0.5, 0.6) is 11.5 Å². The highest BCUT2D eigenvalue weighted by atomic mass is 16.5. The Labute approximate surface area is 120 Å². The second-order valence-corrected chi connectivity index (χ2v) is 5.60. The van der Waals surface area contributed by atoms with Crippen molar-refractivity contribution in [3.63, 3.8) is 0 Å². The molecule has 0 bridgehead atoms. The fourth-order valence-electron chi connectivity index (χ4n) is 2.96. The van der Waals surface area contributed by atoms with Gasteiger partial charge in [-0.2, -0.15) is 0 Å². The van der Waals surface area contributed by atoms with Gasteiger partial charge >= 0.3 is 0 Å². The number of benzene rings is 1. The van der Waals surface area contributed by atoms with E-state index < -0.39 is 0 Å². The largest absolute Gasteiger partial charge is 0.497 e. The molecule has 0 heterocycles. The number of ether oxygens (including phenoxy) is 2. The second kappa shape index (κ2) is 6.95. The maximum absolute atomic E-state index is 10.2. The Morgan fingerprint density at radius 2 is 1.95 bits per heavy atom. The van der Waals surface area contributed by atoms with Gasteiger partial charge in [-0.1, -0.05) is 12.8 Å². The first-order chi connectivity index (χ1) is 9.70. The summed E-state index contributed by atoms with van der Waals surface area (Å²) in [5.41, 5.74) is 5.75. The van der Waals surface area contributed by atoms with Crippen LogP contribution in [0, 0.1) is 5.41 Å². The van der Waals surface area contributed by atoms with Crippen molar-refractivity contribution in [2.24, 2.45) is 11.1 Å². The molecule has 0 aliphatic heterocycles. The summed E-state index contributed by atoms with van der Waals surface area (Å²) in [6.07, 6.45) is 4.62. The van der Waals surface area contributed by atoms with E-state index in [1.165, 1.54) is 0 Å². The smallest absolute Gasteiger partial charge is 0.119 e.